The van der Waals surface area contributed by atoms with Gasteiger partial charge in [-0.2, -0.15) is 0 Å². The molecule has 1 unspecified atom stereocenters. The lowest BCUT2D eigenvalue weighted by Crippen LogP contribution is -2.21. The van der Waals surface area contributed by atoms with Crippen LogP contribution in [0.25, 0.3) is 10.4 Å². The quantitative estimate of drug-likeness (QED) is 0.206. The fourth-order valence-electron chi connectivity index (χ4n) is 0.909. The molecule has 0 bridgehead atoms. The Bertz CT molecular complexity index is 273. The van der Waals surface area contributed by atoms with Crippen LogP contribution in [-0.2, 0) is 19.1 Å². The summed E-state index contributed by atoms with van der Waals surface area (Å²) in [5.41, 5.74) is 8.07. The second kappa shape index (κ2) is 7.78. The molecule has 0 aromatic carbocycles. The van der Waals surface area contributed by atoms with Crippen LogP contribution in [0, 0.1) is 0 Å². The van der Waals surface area contributed by atoms with Gasteiger partial charge in [-0.1, -0.05) is 5.11 Å². The smallest absolute Gasteiger partial charge is 0.313 e. The van der Waals surface area contributed by atoms with E-state index in [1.54, 1.807) is 0 Å². The van der Waals surface area contributed by atoms with Crippen LogP contribution >= 0.6 is 0 Å². The highest BCUT2D eigenvalue weighted by Gasteiger charge is 2.15. The number of hydrogen-bond donors (Lipinski definition) is 0. The van der Waals surface area contributed by atoms with E-state index in [0.29, 0.717) is 0 Å². The molecule has 0 saturated carbocycles. The molecule has 0 aliphatic rings. The summed E-state index contributed by atoms with van der Waals surface area (Å²) in [6, 6.07) is 0. The average Bonchev–Trinajstić information content (AvgIpc) is 2.23. The highest BCUT2D eigenvalue weighted by atomic mass is 16.5. The van der Waals surface area contributed by atoms with Crippen molar-refractivity contribution in [3.8, 4) is 0 Å². The molecule has 0 saturated heterocycles. The van der Waals surface area contributed by atoms with Crippen LogP contribution in [0.3, 0.4) is 0 Å². The molecule has 0 spiro atoms. The fourth-order valence-corrected chi connectivity index (χ4v) is 0.909. The van der Waals surface area contributed by atoms with Gasteiger partial charge in [0.2, 0.25) is 0 Å². The molecule has 0 fully saturated rings. The molecule has 7 nitrogen and oxygen atoms in total. The predicted octanol–water partition coefficient (Wildman–Crippen LogP) is 0.834. The molecule has 0 aliphatic heterocycles. The molecule has 0 N–H and O–H groups in total. The number of esters is 1. The van der Waals surface area contributed by atoms with Gasteiger partial charge in [-0.3, -0.25) is 9.59 Å². The summed E-state index contributed by atoms with van der Waals surface area (Å²) in [6.07, 6.45) is -0.741. The maximum Gasteiger partial charge on any atom is 0.313 e. The first kappa shape index (κ1) is 13.4. The van der Waals surface area contributed by atoms with Crippen molar-refractivity contribution in [1.82, 2.24) is 0 Å². The molecule has 84 valence electrons. The number of nitrogens with zero attached hydrogens (tertiary/aromatic N) is 3. The monoisotopic (exact) mass is 215 g/mol. The molecule has 0 amide bonds. The van der Waals surface area contributed by atoms with E-state index in [-0.39, 0.29) is 25.2 Å². The normalized spacial score (nSPS) is 11.3. The minimum Gasteiger partial charge on any atom is -0.469 e. The summed E-state index contributed by atoms with van der Waals surface area (Å²) in [5.74, 6) is -0.888. The van der Waals surface area contributed by atoms with Crippen molar-refractivity contribution in [2.75, 3.05) is 20.8 Å². The molecule has 0 rings (SSSR count). The predicted molar refractivity (Wildman–Crippen MR) is 51.1 cm³/mol. The third kappa shape index (κ3) is 6.48. The SMILES string of the molecule is COC(=O)CC(=O)CC(CN=[N+]=[N-])OC. The number of methoxy groups -OCH3 is 2. The summed E-state index contributed by atoms with van der Waals surface area (Å²) < 4.78 is 9.24. The van der Waals surface area contributed by atoms with Gasteiger partial charge in [-0.05, 0) is 5.53 Å². The summed E-state index contributed by atoms with van der Waals surface area (Å²) in [7, 11) is 2.62. The molecule has 0 heterocycles. The van der Waals surface area contributed by atoms with E-state index in [0.717, 1.165) is 0 Å². The van der Waals surface area contributed by atoms with Crippen molar-refractivity contribution in [3.05, 3.63) is 10.4 Å². The van der Waals surface area contributed by atoms with Gasteiger partial charge in [0.15, 0.2) is 0 Å². The van der Waals surface area contributed by atoms with Gasteiger partial charge in [0.05, 0.1) is 19.8 Å². The topological polar surface area (TPSA) is 101 Å². The number of azide groups is 1. The Labute approximate surface area is 87.0 Å². The molecule has 7 heteroatoms. The van der Waals surface area contributed by atoms with Gasteiger partial charge >= 0.3 is 5.97 Å². The zero-order valence-electron chi connectivity index (χ0n) is 8.67. The van der Waals surface area contributed by atoms with E-state index in [2.05, 4.69) is 14.8 Å². The highest BCUT2D eigenvalue weighted by Crippen LogP contribution is 2.02. The second-order valence-corrected chi connectivity index (χ2v) is 2.77. The molecule has 0 aromatic rings. The third-order valence-electron chi connectivity index (χ3n) is 1.71. The van der Waals surface area contributed by atoms with Crippen molar-refractivity contribution in [2.24, 2.45) is 5.11 Å². The van der Waals surface area contributed by atoms with Crippen LogP contribution in [0.1, 0.15) is 12.8 Å². The van der Waals surface area contributed by atoms with Gasteiger partial charge in [-0.25, -0.2) is 0 Å². The molecular weight excluding hydrogens is 202 g/mol. The summed E-state index contributed by atoms with van der Waals surface area (Å²) >= 11 is 0. The Morgan fingerprint density at radius 1 is 1.47 bits per heavy atom. The number of hydrogen-bond acceptors (Lipinski definition) is 5. The van der Waals surface area contributed by atoms with Crippen molar-refractivity contribution in [1.29, 1.82) is 0 Å². The first-order valence-corrected chi connectivity index (χ1v) is 4.26. The second-order valence-electron chi connectivity index (χ2n) is 2.77. The minimum absolute atomic E-state index is 0.0324. The minimum atomic E-state index is -0.585. The van der Waals surface area contributed by atoms with Gasteiger partial charge in [0, 0.05) is 18.4 Å². The Morgan fingerprint density at radius 2 is 2.13 bits per heavy atom. The zero-order chi connectivity index (χ0) is 11.7. The van der Waals surface area contributed by atoms with Crippen LogP contribution in [0.4, 0.5) is 0 Å². The molecular formula is C8H13N3O4. The Balaban J connectivity index is 4.00. The van der Waals surface area contributed by atoms with E-state index in [1.807, 2.05) is 0 Å². The molecule has 0 radical (unpaired) electrons. The Morgan fingerprint density at radius 3 is 2.60 bits per heavy atom. The van der Waals surface area contributed by atoms with E-state index in [4.69, 9.17) is 10.3 Å². The van der Waals surface area contributed by atoms with E-state index < -0.39 is 12.1 Å². The van der Waals surface area contributed by atoms with Crippen molar-refractivity contribution in [2.45, 2.75) is 18.9 Å². The van der Waals surface area contributed by atoms with E-state index in [1.165, 1.54) is 14.2 Å². The molecule has 15 heavy (non-hydrogen) atoms. The summed E-state index contributed by atoms with van der Waals surface area (Å²) in [6.45, 7) is 0.0694. The number of ether oxygens (including phenoxy) is 2. The number of rotatable bonds is 7. The number of carbonyl (C=O) groups excluding carboxylic acids is 2. The van der Waals surface area contributed by atoms with E-state index in [9.17, 15) is 9.59 Å². The van der Waals surface area contributed by atoms with Crippen molar-refractivity contribution in [3.63, 3.8) is 0 Å². The van der Waals surface area contributed by atoms with Gasteiger partial charge in [-0.15, -0.1) is 0 Å². The Kier molecular flexibility index (Phi) is 6.96. The number of carbonyl (C=O) groups is 2. The standard InChI is InChI=1S/C8H13N3O4/c1-14-7(5-10-11-9)3-6(12)4-8(13)15-2/h7H,3-5H2,1-2H3. The van der Waals surface area contributed by atoms with E-state index >= 15 is 0 Å². The first-order valence-electron chi connectivity index (χ1n) is 4.26. The molecule has 0 aromatic heterocycles. The average molecular weight is 215 g/mol. The summed E-state index contributed by atoms with van der Waals surface area (Å²) in [5, 5.41) is 3.28. The first-order chi connectivity index (χ1) is 7.13. The van der Waals surface area contributed by atoms with Crippen LogP contribution < -0.4 is 0 Å². The van der Waals surface area contributed by atoms with Crippen LogP contribution in [0.5, 0.6) is 0 Å². The lowest BCUT2D eigenvalue weighted by atomic mass is 10.1. The number of ketones is 1. The molecule has 1 atom stereocenters. The van der Waals surface area contributed by atoms with Crippen LogP contribution in [0.2, 0.25) is 0 Å². The maximum absolute atomic E-state index is 11.2. The Hall–Kier alpha value is -1.59. The van der Waals surface area contributed by atoms with Crippen LogP contribution in [0.15, 0.2) is 5.11 Å². The van der Waals surface area contributed by atoms with Gasteiger partial charge < -0.3 is 9.47 Å². The van der Waals surface area contributed by atoms with Crippen molar-refractivity contribution >= 4 is 11.8 Å². The third-order valence-corrected chi connectivity index (χ3v) is 1.71. The van der Waals surface area contributed by atoms with Gasteiger partial charge in [0.25, 0.3) is 0 Å². The highest BCUT2D eigenvalue weighted by molar-refractivity contribution is 5.95. The number of Topliss-reactive ketones (excluding diaryl/α,β-unsaturated/α-hetero) is 1. The fraction of sp³-hybridized carbons (Fsp3) is 0.750. The summed E-state index contributed by atoms with van der Waals surface area (Å²) in [4.78, 5) is 24.5. The largest absolute Gasteiger partial charge is 0.469 e. The lowest BCUT2D eigenvalue weighted by molar-refractivity contribution is -0.143. The zero-order valence-corrected chi connectivity index (χ0v) is 8.67. The van der Waals surface area contributed by atoms with Crippen LogP contribution in [-0.4, -0.2) is 38.6 Å². The maximum atomic E-state index is 11.2. The molecule has 0 aliphatic carbocycles. The van der Waals surface area contributed by atoms with Gasteiger partial charge in [0.1, 0.15) is 12.2 Å². The lowest BCUT2D eigenvalue weighted by Gasteiger charge is -2.10. The van der Waals surface area contributed by atoms with Crippen molar-refractivity contribution < 1.29 is 19.1 Å².